The molecule has 0 radical (unpaired) electrons. The first kappa shape index (κ1) is 21.2. The van der Waals surface area contributed by atoms with Gasteiger partial charge in [-0.3, -0.25) is 9.78 Å². The van der Waals surface area contributed by atoms with Crippen molar-refractivity contribution in [3.63, 3.8) is 0 Å². The third kappa shape index (κ3) is 5.71. The van der Waals surface area contributed by atoms with Gasteiger partial charge in [-0.1, -0.05) is 6.07 Å². The number of alkyl halides is 2. The van der Waals surface area contributed by atoms with Crippen molar-refractivity contribution in [3.8, 4) is 16.9 Å². The lowest BCUT2D eigenvalue weighted by Crippen LogP contribution is -2.11. The summed E-state index contributed by atoms with van der Waals surface area (Å²) in [5.74, 6) is -0.611. The Kier molecular flexibility index (Phi) is 6.62. The molecular weight excluding hydrogens is 394 g/mol. The maximum atomic E-state index is 12.7. The average Bonchev–Trinajstić information content (AvgIpc) is 2.59. The zero-order valence-electron chi connectivity index (χ0n) is 15.3. The van der Waals surface area contributed by atoms with Crippen molar-refractivity contribution in [1.82, 2.24) is 9.88 Å². The van der Waals surface area contributed by atoms with E-state index in [4.69, 9.17) is 0 Å². The van der Waals surface area contributed by atoms with E-state index in [1.807, 2.05) is 0 Å². The normalized spacial score (nSPS) is 11.6. The quantitative estimate of drug-likeness (QED) is 0.554. The van der Waals surface area contributed by atoms with Crippen LogP contribution in [0.15, 0.2) is 46.0 Å². The van der Waals surface area contributed by atoms with Crippen LogP contribution in [0.1, 0.15) is 6.92 Å². The summed E-state index contributed by atoms with van der Waals surface area (Å²) >= 11 is 0. The first-order valence-electron chi connectivity index (χ1n) is 7.87. The van der Waals surface area contributed by atoms with Crippen molar-refractivity contribution in [2.75, 3.05) is 19.4 Å². The van der Waals surface area contributed by atoms with Crippen LogP contribution >= 0.6 is 0 Å². The average molecular weight is 412 g/mol. The topological polar surface area (TPSA) is 101 Å². The molecule has 150 valence electrons. The summed E-state index contributed by atoms with van der Waals surface area (Å²) in [6, 6.07) is 5.37. The van der Waals surface area contributed by atoms with E-state index >= 15 is 0 Å². The lowest BCUT2D eigenvalue weighted by atomic mass is 10.1. The fourth-order valence-electron chi connectivity index (χ4n) is 2.20. The van der Waals surface area contributed by atoms with E-state index in [9.17, 15) is 22.0 Å². The number of rotatable bonds is 7. The summed E-state index contributed by atoms with van der Waals surface area (Å²) in [6.45, 7) is -1.77. The number of anilines is 1. The number of hydrogen-bond acceptors (Lipinski definition) is 5. The summed E-state index contributed by atoms with van der Waals surface area (Å²) in [7, 11) is -0.969. The van der Waals surface area contributed by atoms with Gasteiger partial charge in [0, 0.05) is 44.0 Å². The molecule has 1 aromatic heterocycles. The molecule has 0 spiro atoms. The van der Waals surface area contributed by atoms with Crippen molar-refractivity contribution in [2.24, 2.45) is 4.40 Å². The minimum absolute atomic E-state index is 0.164. The largest absolute Gasteiger partial charge is 0.433 e. The second-order valence-electron chi connectivity index (χ2n) is 5.84. The van der Waals surface area contributed by atoms with Gasteiger partial charge in [0.15, 0.2) is 0 Å². The van der Waals surface area contributed by atoms with Gasteiger partial charge in [0.1, 0.15) is 12.1 Å². The number of amides is 1. The molecule has 0 unspecified atom stereocenters. The number of nitrogens with zero attached hydrogens (tertiary/aromatic N) is 3. The van der Waals surface area contributed by atoms with E-state index in [-0.39, 0.29) is 33.4 Å². The summed E-state index contributed by atoms with van der Waals surface area (Å²) in [4.78, 5) is 16.3. The third-order valence-corrected chi connectivity index (χ3v) is 4.51. The van der Waals surface area contributed by atoms with Gasteiger partial charge in [-0.2, -0.15) is 17.2 Å². The summed E-state index contributed by atoms with van der Waals surface area (Å²) in [6.07, 6.45) is 3.50. The number of halogens is 2. The molecule has 2 rings (SSSR count). The molecule has 0 fully saturated rings. The van der Waals surface area contributed by atoms with E-state index in [0.717, 1.165) is 12.5 Å². The molecule has 0 aliphatic rings. The molecule has 0 aliphatic carbocycles. The maximum Gasteiger partial charge on any atom is 0.387 e. The zero-order valence-corrected chi connectivity index (χ0v) is 16.1. The molecule has 0 aliphatic heterocycles. The predicted octanol–water partition coefficient (Wildman–Crippen LogP) is 2.59. The summed E-state index contributed by atoms with van der Waals surface area (Å²) in [5.41, 5.74) is 0.631. The molecule has 0 saturated carbocycles. The molecule has 1 N–H and O–H groups in total. The molecule has 8 nitrogen and oxygen atoms in total. The van der Waals surface area contributed by atoms with Gasteiger partial charge < -0.3 is 15.0 Å². The van der Waals surface area contributed by atoms with Crippen LogP contribution in [0.4, 0.5) is 14.5 Å². The SMILES string of the molecule is CC(=O)Nc1ccc(-c2cncc(OC(F)F)c2)c(S(=O)(=O)/N=C/N(C)C)c1. The second-order valence-corrected chi connectivity index (χ2v) is 7.44. The van der Waals surface area contributed by atoms with Crippen LogP contribution < -0.4 is 10.1 Å². The van der Waals surface area contributed by atoms with Gasteiger partial charge in [0.05, 0.1) is 11.1 Å². The molecular formula is C17H18F2N4O4S. The molecule has 11 heteroatoms. The Morgan fingerprint density at radius 2 is 2.00 bits per heavy atom. The monoisotopic (exact) mass is 412 g/mol. The van der Waals surface area contributed by atoms with Crippen molar-refractivity contribution < 1.29 is 26.7 Å². The lowest BCUT2D eigenvalue weighted by Gasteiger charge is -2.12. The van der Waals surface area contributed by atoms with Crippen molar-refractivity contribution in [1.29, 1.82) is 0 Å². The summed E-state index contributed by atoms with van der Waals surface area (Å²) in [5, 5.41) is 2.49. The van der Waals surface area contributed by atoms with Crippen molar-refractivity contribution >= 4 is 28.0 Å². The molecule has 2 aromatic rings. The first-order chi connectivity index (χ1) is 13.1. The highest BCUT2D eigenvalue weighted by molar-refractivity contribution is 7.90. The van der Waals surface area contributed by atoms with Crippen LogP contribution in [0.25, 0.3) is 11.1 Å². The number of nitrogens with one attached hydrogen (secondary N) is 1. The van der Waals surface area contributed by atoms with Gasteiger partial charge in [0.2, 0.25) is 5.91 Å². The highest BCUT2D eigenvalue weighted by Gasteiger charge is 2.20. The number of sulfonamides is 1. The minimum Gasteiger partial charge on any atom is -0.433 e. The molecule has 1 aromatic carbocycles. The van der Waals surface area contributed by atoms with Gasteiger partial charge >= 0.3 is 6.61 Å². The molecule has 1 amide bonds. The van der Waals surface area contributed by atoms with Gasteiger partial charge in [0.25, 0.3) is 10.0 Å². The Morgan fingerprint density at radius 3 is 2.61 bits per heavy atom. The first-order valence-corrected chi connectivity index (χ1v) is 9.31. The predicted molar refractivity (Wildman–Crippen MR) is 100.0 cm³/mol. The van der Waals surface area contributed by atoms with Gasteiger partial charge in [-0.05, 0) is 18.2 Å². The van der Waals surface area contributed by atoms with E-state index in [0.29, 0.717) is 0 Å². The van der Waals surface area contributed by atoms with Crippen LogP contribution in [-0.4, -0.2) is 51.3 Å². The number of carbonyl (C=O) groups is 1. The minimum atomic E-state index is -4.17. The second kappa shape index (κ2) is 8.74. The van der Waals surface area contributed by atoms with Crippen LogP contribution in [0.5, 0.6) is 5.75 Å². The fraction of sp³-hybridized carbons (Fsp3) is 0.235. The Labute approximate surface area is 160 Å². The van der Waals surface area contributed by atoms with E-state index in [1.54, 1.807) is 14.1 Å². The van der Waals surface area contributed by atoms with Crippen LogP contribution in [0.2, 0.25) is 0 Å². The van der Waals surface area contributed by atoms with Crippen molar-refractivity contribution in [3.05, 3.63) is 36.7 Å². The summed E-state index contributed by atoms with van der Waals surface area (Å²) < 4.78 is 58.3. The van der Waals surface area contributed by atoms with Gasteiger partial charge in [-0.25, -0.2) is 0 Å². The van der Waals surface area contributed by atoms with Crippen LogP contribution in [0, 0.1) is 0 Å². The van der Waals surface area contributed by atoms with E-state index in [2.05, 4.69) is 19.4 Å². The third-order valence-electron chi connectivity index (χ3n) is 3.25. The standard InChI is InChI=1S/C17H18F2N4O4S/c1-11(24)22-13-4-5-15(12-6-14(9-20-8-12)27-17(18)19)16(7-13)28(25,26)21-10-23(2)3/h4-10,17H,1-3H3,(H,22,24)/b21-10+. The lowest BCUT2D eigenvalue weighted by molar-refractivity contribution is -0.114. The highest BCUT2D eigenvalue weighted by Crippen LogP contribution is 2.32. The van der Waals surface area contributed by atoms with E-state index in [1.165, 1.54) is 42.3 Å². The van der Waals surface area contributed by atoms with Crippen molar-refractivity contribution in [2.45, 2.75) is 18.4 Å². The number of aromatic nitrogens is 1. The molecule has 0 saturated heterocycles. The Bertz CT molecular complexity index is 994. The number of carbonyl (C=O) groups excluding carboxylic acids is 1. The molecule has 0 bridgehead atoms. The van der Waals surface area contributed by atoms with Crippen LogP contribution in [0.3, 0.4) is 0 Å². The Balaban J connectivity index is 2.62. The smallest absolute Gasteiger partial charge is 0.387 e. The number of pyridine rings is 1. The highest BCUT2D eigenvalue weighted by atomic mass is 32.2. The Morgan fingerprint density at radius 1 is 1.29 bits per heavy atom. The number of benzene rings is 1. The molecule has 0 atom stereocenters. The maximum absolute atomic E-state index is 12.7. The zero-order chi connectivity index (χ0) is 20.9. The number of hydrogen-bond donors (Lipinski definition) is 1. The van der Waals surface area contributed by atoms with Crippen LogP contribution in [-0.2, 0) is 14.8 Å². The van der Waals surface area contributed by atoms with Gasteiger partial charge in [-0.15, -0.1) is 4.40 Å². The number of ether oxygens (including phenoxy) is 1. The Hall–Kier alpha value is -3.08. The van der Waals surface area contributed by atoms with E-state index < -0.39 is 16.6 Å². The fourth-order valence-corrected chi connectivity index (χ4v) is 3.37. The molecule has 28 heavy (non-hydrogen) atoms. The molecule has 1 heterocycles.